The Kier molecular flexibility index (Phi) is 5.74. The topological polar surface area (TPSA) is 37.1 Å². The maximum Gasteiger partial charge on any atom is 0.416 e. The third-order valence-corrected chi connectivity index (χ3v) is 5.11. The van der Waals surface area contributed by atoms with Crippen molar-refractivity contribution in [2.24, 2.45) is 0 Å². The highest BCUT2D eigenvalue weighted by Gasteiger charge is 2.36. The van der Waals surface area contributed by atoms with Gasteiger partial charge in [-0.2, -0.15) is 13.2 Å². The molecule has 3 aromatic carbocycles. The number of benzene rings is 3. The zero-order valence-electron chi connectivity index (χ0n) is 16.8. The van der Waals surface area contributed by atoms with Gasteiger partial charge in [0.1, 0.15) is 0 Å². The Hall–Kier alpha value is -3.98. The standard InChI is InChI=1S/C26H17F3NO2/c27-26(28,29)21-10-4-6-18(14-21)12-13-19-7-5-11-22(15-19)30-17-24(31)23(16-25(30)32)20-8-2-1-3-9-20/h1-11,14-15,17,23H,16H2/q+1. The minimum absolute atomic E-state index is 0.0550. The Morgan fingerprint density at radius 3 is 2.16 bits per heavy atom. The summed E-state index contributed by atoms with van der Waals surface area (Å²) in [6.45, 7) is 0. The molecule has 0 aliphatic carbocycles. The maximum absolute atomic E-state index is 12.9. The smallest absolute Gasteiger partial charge is 0.287 e. The number of carbonyl (C=O) groups is 2. The van der Waals surface area contributed by atoms with Gasteiger partial charge in [-0.05, 0) is 29.8 Å². The molecule has 4 rings (SSSR count). The second-order valence-corrected chi connectivity index (χ2v) is 7.34. The average Bonchev–Trinajstić information content (AvgIpc) is 2.79. The highest BCUT2D eigenvalue weighted by Crippen LogP contribution is 2.29. The lowest BCUT2D eigenvalue weighted by Gasteiger charge is -2.15. The van der Waals surface area contributed by atoms with E-state index in [9.17, 15) is 22.8 Å². The maximum atomic E-state index is 12.9. The molecule has 32 heavy (non-hydrogen) atoms. The van der Waals surface area contributed by atoms with E-state index in [2.05, 4.69) is 11.8 Å². The van der Waals surface area contributed by atoms with Crippen molar-refractivity contribution in [3.8, 4) is 11.8 Å². The Morgan fingerprint density at radius 1 is 0.812 bits per heavy atom. The molecule has 0 saturated carbocycles. The molecule has 0 spiro atoms. The van der Waals surface area contributed by atoms with Crippen LogP contribution in [0, 0.1) is 11.8 Å². The van der Waals surface area contributed by atoms with Gasteiger partial charge in [-0.3, -0.25) is 4.79 Å². The number of rotatable bonds is 2. The van der Waals surface area contributed by atoms with Crippen molar-refractivity contribution in [3.63, 3.8) is 0 Å². The van der Waals surface area contributed by atoms with Crippen LogP contribution in [-0.2, 0) is 15.8 Å². The van der Waals surface area contributed by atoms with E-state index < -0.39 is 17.7 Å². The molecule has 0 radical (unpaired) electrons. The molecule has 1 unspecified atom stereocenters. The van der Waals surface area contributed by atoms with Crippen LogP contribution in [0.15, 0.2) is 78.9 Å². The third-order valence-electron chi connectivity index (χ3n) is 5.11. The van der Waals surface area contributed by atoms with Gasteiger partial charge in [-0.1, -0.05) is 54.3 Å². The van der Waals surface area contributed by atoms with Crippen molar-refractivity contribution in [1.82, 2.24) is 0 Å². The molecule has 1 heterocycles. The van der Waals surface area contributed by atoms with Crippen LogP contribution in [-0.4, -0.2) is 22.5 Å². The van der Waals surface area contributed by atoms with Crippen molar-refractivity contribution in [3.05, 3.63) is 101 Å². The molecule has 0 bridgehead atoms. The molecule has 3 nitrogen and oxygen atoms in total. The van der Waals surface area contributed by atoms with Crippen LogP contribution in [0.4, 0.5) is 18.9 Å². The van der Waals surface area contributed by atoms with E-state index >= 15 is 0 Å². The van der Waals surface area contributed by atoms with Crippen molar-refractivity contribution < 1.29 is 27.3 Å². The van der Waals surface area contributed by atoms with Gasteiger partial charge in [0.2, 0.25) is 17.7 Å². The molecule has 6 heteroatoms. The van der Waals surface area contributed by atoms with Crippen molar-refractivity contribution >= 4 is 23.6 Å². The second kappa shape index (κ2) is 8.64. The first kappa shape index (κ1) is 21.3. The van der Waals surface area contributed by atoms with Gasteiger partial charge in [-0.25, -0.2) is 4.79 Å². The van der Waals surface area contributed by atoms with Crippen LogP contribution >= 0.6 is 0 Å². The summed E-state index contributed by atoms with van der Waals surface area (Å²) in [6.07, 6.45) is -3.09. The number of carbonyl (C=O) groups excluding carboxylic acids is 2. The molecule has 0 N–H and O–H groups in total. The zero-order valence-corrected chi connectivity index (χ0v) is 16.8. The van der Waals surface area contributed by atoms with Crippen molar-refractivity contribution in [2.45, 2.75) is 18.5 Å². The molecule has 0 saturated heterocycles. The summed E-state index contributed by atoms with van der Waals surface area (Å²) >= 11 is 0. The minimum Gasteiger partial charge on any atom is -0.287 e. The van der Waals surface area contributed by atoms with Crippen molar-refractivity contribution in [1.29, 1.82) is 0 Å². The molecule has 1 amide bonds. The van der Waals surface area contributed by atoms with Gasteiger partial charge in [-0.15, -0.1) is 4.58 Å². The first-order valence-corrected chi connectivity index (χ1v) is 9.86. The second-order valence-electron chi connectivity index (χ2n) is 7.34. The molecule has 3 aromatic rings. The summed E-state index contributed by atoms with van der Waals surface area (Å²) in [4.78, 5) is 25.4. The van der Waals surface area contributed by atoms with Gasteiger partial charge >= 0.3 is 12.1 Å². The lowest BCUT2D eigenvalue weighted by molar-refractivity contribution is -0.365. The molecule has 1 aliphatic rings. The largest absolute Gasteiger partial charge is 0.416 e. The van der Waals surface area contributed by atoms with Gasteiger partial charge in [0, 0.05) is 23.3 Å². The summed E-state index contributed by atoms with van der Waals surface area (Å²) in [6, 6.07) is 20.6. The third kappa shape index (κ3) is 4.68. The molecule has 0 fully saturated rings. The fourth-order valence-electron chi connectivity index (χ4n) is 3.50. The number of hydrogen-bond acceptors (Lipinski definition) is 2. The Bertz CT molecular complexity index is 1280. The van der Waals surface area contributed by atoms with E-state index in [1.807, 2.05) is 30.3 Å². The lowest BCUT2D eigenvalue weighted by atomic mass is 9.89. The predicted molar refractivity (Wildman–Crippen MR) is 114 cm³/mol. The molecule has 0 aromatic heterocycles. The van der Waals surface area contributed by atoms with Gasteiger partial charge < -0.3 is 0 Å². The van der Waals surface area contributed by atoms with Crippen LogP contribution in [0.5, 0.6) is 0 Å². The highest BCUT2D eigenvalue weighted by atomic mass is 19.4. The quantitative estimate of drug-likeness (QED) is 0.417. The fraction of sp³-hybridized carbons (Fsp3) is 0.115. The number of nitrogens with zero attached hydrogens (tertiary/aromatic N) is 1. The molecular weight excluding hydrogens is 415 g/mol. The molecular formula is C26H17F3NO2+. The SMILES string of the molecule is O=C1C=[N+](c2cccc(C#Cc3cccc(C(F)(F)F)c3)c2)C(=O)CC1c1ccccc1. The summed E-state index contributed by atoms with van der Waals surface area (Å²) in [5, 5.41) is 0. The Balaban J connectivity index is 1.60. The summed E-state index contributed by atoms with van der Waals surface area (Å²) in [7, 11) is 0. The Morgan fingerprint density at radius 2 is 1.47 bits per heavy atom. The van der Waals surface area contributed by atoms with Crippen LogP contribution in [0.1, 0.15) is 34.6 Å². The number of alkyl halides is 3. The van der Waals surface area contributed by atoms with E-state index in [0.29, 0.717) is 11.3 Å². The van der Waals surface area contributed by atoms with E-state index in [-0.39, 0.29) is 23.7 Å². The summed E-state index contributed by atoms with van der Waals surface area (Å²) in [5.41, 5.74) is 1.25. The number of ketones is 1. The van der Waals surface area contributed by atoms with Crippen LogP contribution in [0.3, 0.4) is 0 Å². The van der Waals surface area contributed by atoms with Crippen LogP contribution in [0.2, 0.25) is 0 Å². The summed E-state index contributed by atoms with van der Waals surface area (Å²) < 4.78 is 39.9. The van der Waals surface area contributed by atoms with Crippen LogP contribution in [0.25, 0.3) is 0 Å². The predicted octanol–water partition coefficient (Wildman–Crippen LogP) is 5.10. The van der Waals surface area contributed by atoms with E-state index in [1.165, 1.54) is 22.9 Å². The lowest BCUT2D eigenvalue weighted by Crippen LogP contribution is -2.32. The minimum atomic E-state index is -4.44. The zero-order chi connectivity index (χ0) is 22.7. The van der Waals surface area contributed by atoms with Gasteiger partial charge in [0.05, 0.1) is 17.9 Å². The number of amides is 1. The Labute approximate surface area is 182 Å². The first-order valence-electron chi connectivity index (χ1n) is 9.86. The molecule has 1 atom stereocenters. The fourth-order valence-corrected chi connectivity index (χ4v) is 3.50. The first-order chi connectivity index (χ1) is 15.3. The van der Waals surface area contributed by atoms with E-state index in [4.69, 9.17) is 0 Å². The van der Waals surface area contributed by atoms with Crippen LogP contribution < -0.4 is 0 Å². The number of Topliss-reactive ketones (excluding diaryl/α,β-unsaturated/α-hetero) is 1. The molecule has 158 valence electrons. The van der Waals surface area contributed by atoms with Gasteiger partial charge in [0.25, 0.3) is 0 Å². The number of hydrogen-bond donors (Lipinski definition) is 0. The van der Waals surface area contributed by atoms with E-state index in [1.54, 1.807) is 24.3 Å². The summed E-state index contributed by atoms with van der Waals surface area (Å²) in [5.74, 6) is 4.65. The highest BCUT2D eigenvalue weighted by molar-refractivity contribution is 6.30. The van der Waals surface area contributed by atoms with E-state index in [0.717, 1.165) is 17.7 Å². The monoisotopic (exact) mass is 432 g/mol. The van der Waals surface area contributed by atoms with Crippen molar-refractivity contribution in [2.75, 3.05) is 0 Å². The normalized spacial score (nSPS) is 16.2. The average molecular weight is 432 g/mol. The number of halogens is 3. The van der Waals surface area contributed by atoms with Gasteiger partial charge in [0.15, 0.2) is 0 Å². The molecule has 1 aliphatic heterocycles.